The van der Waals surface area contributed by atoms with Crippen molar-refractivity contribution in [2.75, 3.05) is 7.11 Å². The Bertz CT molecular complexity index is 915. The maximum Gasteiger partial charge on any atom is 0.302 e. The molecule has 0 amide bonds. The number of allylic oxidation sites excluding steroid dienone is 3. The summed E-state index contributed by atoms with van der Waals surface area (Å²) in [5.41, 5.74) is 3.42. The fourth-order valence-electron chi connectivity index (χ4n) is 7.45. The van der Waals surface area contributed by atoms with E-state index in [1.165, 1.54) is 25.5 Å². The number of carbonyl (C=O) groups excluding carboxylic acids is 1. The molecule has 30 heavy (non-hydrogen) atoms. The second-order valence-electron chi connectivity index (χ2n) is 10.3. The molecule has 2 saturated carbocycles. The maximum absolute atomic E-state index is 11.4. The molecule has 3 unspecified atom stereocenters. The van der Waals surface area contributed by atoms with E-state index in [0.717, 1.165) is 43.9 Å². The molecule has 1 aromatic heterocycles. The van der Waals surface area contributed by atoms with Gasteiger partial charge in [0.15, 0.2) is 0 Å². The van der Waals surface area contributed by atoms with E-state index in [1.807, 2.05) is 12.5 Å². The standard InChI is InChI=1S/C25H34N2O3/c1-16(28)30-18-9-11-24(2)17(13-18)5-6-19-20-7-8-22(25(20,3)12-10-21(19)24)27-14-23(29-4)26-15-27/h5,8,14-15,18-21H,6-7,9-13H2,1-4H3/t18-,19?,20?,21?,24-,25-/m0/s1. The Kier molecular flexibility index (Phi) is 4.64. The van der Waals surface area contributed by atoms with E-state index in [9.17, 15) is 4.79 Å². The van der Waals surface area contributed by atoms with E-state index in [-0.39, 0.29) is 22.9 Å². The van der Waals surface area contributed by atoms with E-state index in [2.05, 4.69) is 35.6 Å². The van der Waals surface area contributed by atoms with Crippen LogP contribution in [-0.2, 0) is 9.53 Å². The number of esters is 1. The average Bonchev–Trinajstić information content (AvgIpc) is 3.31. The van der Waals surface area contributed by atoms with Crippen LogP contribution in [0.15, 0.2) is 30.2 Å². The molecule has 0 N–H and O–H groups in total. The third-order valence-corrected chi connectivity index (χ3v) is 8.98. The topological polar surface area (TPSA) is 53.4 Å². The number of hydrogen-bond acceptors (Lipinski definition) is 4. The van der Waals surface area contributed by atoms with Crippen molar-refractivity contribution in [1.29, 1.82) is 0 Å². The zero-order chi connectivity index (χ0) is 21.1. The van der Waals surface area contributed by atoms with Crippen molar-refractivity contribution < 1.29 is 14.3 Å². The summed E-state index contributed by atoms with van der Waals surface area (Å²) in [6, 6.07) is 0. The van der Waals surface area contributed by atoms with Gasteiger partial charge in [0, 0.05) is 24.5 Å². The van der Waals surface area contributed by atoms with Crippen LogP contribution in [0.25, 0.3) is 5.70 Å². The van der Waals surface area contributed by atoms with Crippen molar-refractivity contribution in [3.63, 3.8) is 0 Å². The predicted octanol–water partition coefficient (Wildman–Crippen LogP) is 5.24. The molecule has 4 aliphatic carbocycles. The van der Waals surface area contributed by atoms with Crippen LogP contribution < -0.4 is 4.74 Å². The van der Waals surface area contributed by atoms with Crippen molar-refractivity contribution in [2.45, 2.75) is 71.8 Å². The van der Waals surface area contributed by atoms with Crippen molar-refractivity contribution in [3.05, 3.63) is 30.2 Å². The van der Waals surface area contributed by atoms with Crippen molar-refractivity contribution in [3.8, 4) is 5.88 Å². The summed E-state index contributed by atoms with van der Waals surface area (Å²) in [6.07, 6.45) is 16.8. The van der Waals surface area contributed by atoms with Crippen LogP contribution in [0.3, 0.4) is 0 Å². The Morgan fingerprint density at radius 3 is 2.67 bits per heavy atom. The van der Waals surface area contributed by atoms with Gasteiger partial charge >= 0.3 is 5.97 Å². The van der Waals surface area contributed by atoms with Gasteiger partial charge in [0.1, 0.15) is 12.4 Å². The minimum atomic E-state index is -0.146. The van der Waals surface area contributed by atoms with Crippen LogP contribution in [0.5, 0.6) is 5.88 Å². The van der Waals surface area contributed by atoms with Gasteiger partial charge in [-0.3, -0.25) is 4.79 Å². The quantitative estimate of drug-likeness (QED) is 0.505. The number of aromatic nitrogens is 2. The summed E-state index contributed by atoms with van der Waals surface area (Å²) in [7, 11) is 1.67. The van der Waals surface area contributed by atoms with E-state index in [0.29, 0.717) is 11.8 Å². The molecule has 1 heterocycles. The first-order valence-corrected chi connectivity index (χ1v) is 11.5. The van der Waals surface area contributed by atoms with Gasteiger partial charge in [0.05, 0.1) is 13.3 Å². The highest BCUT2D eigenvalue weighted by Crippen LogP contribution is 2.65. The molecule has 0 radical (unpaired) electrons. The van der Waals surface area contributed by atoms with Gasteiger partial charge in [-0.1, -0.05) is 31.6 Å². The van der Waals surface area contributed by atoms with Crippen LogP contribution >= 0.6 is 0 Å². The van der Waals surface area contributed by atoms with Crippen LogP contribution in [0.2, 0.25) is 0 Å². The molecular formula is C25H34N2O3. The molecule has 0 saturated heterocycles. The molecule has 4 aliphatic rings. The van der Waals surface area contributed by atoms with Crippen LogP contribution in [0.4, 0.5) is 0 Å². The third-order valence-electron chi connectivity index (χ3n) is 8.98. The van der Waals surface area contributed by atoms with E-state index in [1.54, 1.807) is 12.7 Å². The minimum absolute atomic E-state index is 0.0724. The Balaban J connectivity index is 1.39. The summed E-state index contributed by atoms with van der Waals surface area (Å²) in [5, 5.41) is 0. The lowest BCUT2D eigenvalue weighted by molar-refractivity contribution is -0.148. The van der Waals surface area contributed by atoms with Crippen LogP contribution in [0, 0.1) is 28.6 Å². The van der Waals surface area contributed by atoms with Crippen LogP contribution in [0.1, 0.15) is 65.7 Å². The molecule has 0 aromatic carbocycles. The Morgan fingerprint density at radius 2 is 1.93 bits per heavy atom. The molecule has 5 nitrogen and oxygen atoms in total. The lowest BCUT2D eigenvalue weighted by Gasteiger charge is -2.57. The van der Waals surface area contributed by atoms with Crippen molar-refractivity contribution >= 4 is 11.7 Å². The highest BCUT2D eigenvalue weighted by atomic mass is 16.5. The molecule has 0 spiro atoms. The summed E-state index contributed by atoms with van der Waals surface area (Å²) in [6.45, 7) is 6.49. The van der Waals surface area contributed by atoms with Gasteiger partial charge in [-0.15, -0.1) is 0 Å². The number of rotatable bonds is 3. The molecular weight excluding hydrogens is 376 g/mol. The van der Waals surface area contributed by atoms with E-state index >= 15 is 0 Å². The molecule has 2 fully saturated rings. The zero-order valence-electron chi connectivity index (χ0n) is 18.7. The van der Waals surface area contributed by atoms with Crippen molar-refractivity contribution in [1.82, 2.24) is 9.55 Å². The second-order valence-corrected chi connectivity index (χ2v) is 10.3. The molecule has 162 valence electrons. The Hall–Kier alpha value is -2.04. The Morgan fingerprint density at radius 1 is 1.13 bits per heavy atom. The van der Waals surface area contributed by atoms with Gasteiger partial charge in [-0.05, 0) is 61.7 Å². The normalized spacial score (nSPS) is 39.9. The van der Waals surface area contributed by atoms with Gasteiger partial charge in [-0.25, -0.2) is 4.98 Å². The van der Waals surface area contributed by atoms with Crippen LogP contribution in [-0.4, -0.2) is 28.7 Å². The number of methoxy groups -OCH3 is 1. The summed E-state index contributed by atoms with van der Waals surface area (Å²) in [4.78, 5) is 15.8. The highest BCUT2D eigenvalue weighted by Gasteiger charge is 2.57. The second kappa shape index (κ2) is 7.00. The molecule has 0 aliphatic heterocycles. The SMILES string of the molecule is COc1cn(C2=CCC3C4CC=C5C[C@@H](OC(C)=O)CC[C@]5(C)C4CC[C@]23C)cn1. The summed E-state index contributed by atoms with van der Waals surface area (Å²) < 4.78 is 13.1. The third kappa shape index (κ3) is 2.88. The number of imidazole rings is 1. The first-order chi connectivity index (χ1) is 14.3. The van der Waals surface area contributed by atoms with E-state index < -0.39 is 0 Å². The lowest BCUT2D eigenvalue weighted by Crippen LogP contribution is -2.50. The summed E-state index contributed by atoms with van der Waals surface area (Å²) >= 11 is 0. The molecule has 5 rings (SSSR count). The largest absolute Gasteiger partial charge is 0.480 e. The molecule has 1 aromatic rings. The molecule has 5 heteroatoms. The zero-order valence-corrected chi connectivity index (χ0v) is 18.7. The van der Waals surface area contributed by atoms with Gasteiger partial charge in [0.2, 0.25) is 5.88 Å². The highest BCUT2D eigenvalue weighted by molar-refractivity contribution is 5.66. The lowest BCUT2D eigenvalue weighted by atomic mass is 9.48. The average molecular weight is 411 g/mol. The minimum Gasteiger partial charge on any atom is -0.480 e. The number of ether oxygens (including phenoxy) is 2. The maximum atomic E-state index is 11.4. The predicted molar refractivity (Wildman–Crippen MR) is 116 cm³/mol. The van der Waals surface area contributed by atoms with Crippen molar-refractivity contribution in [2.24, 2.45) is 28.6 Å². The Labute approximate surface area is 179 Å². The number of fused-ring (bicyclic) bond motifs is 5. The number of carbonyl (C=O) groups is 1. The first-order valence-electron chi connectivity index (χ1n) is 11.5. The number of hydrogen-bond donors (Lipinski definition) is 0. The monoisotopic (exact) mass is 410 g/mol. The smallest absolute Gasteiger partial charge is 0.302 e. The van der Waals surface area contributed by atoms with Gasteiger partial charge < -0.3 is 14.0 Å². The molecule has 0 bridgehead atoms. The van der Waals surface area contributed by atoms with Gasteiger partial charge in [-0.2, -0.15) is 0 Å². The van der Waals surface area contributed by atoms with E-state index in [4.69, 9.17) is 9.47 Å². The summed E-state index contributed by atoms with van der Waals surface area (Å²) in [5.74, 6) is 2.67. The first kappa shape index (κ1) is 19.9. The fraction of sp³-hybridized carbons (Fsp3) is 0.680. The number of nitrogens with zero attached hydrogens (tertiary/aromatic N) is 2. The van der Waals surface area contributed by atoms with Gasteiger partial charge in [0.25, 0.3) is 0 Å². The molecule has 6 atom stereocenters. The fourth-order valence-corrected chi connectivity index (χ4v) is 7.45.